The zero-order chi connectivity index (χ0) is 32.8. The summed E-state index contributed by atoms with van der Waals surface area (Å²) in [7, 11) is 0. The SMILES string of the molecule is [C-]#[N+]/C(C#N)=C1\N=c2ccc(-c3nc(/C(C#N)=C4/N=c5cc(F)cc([N+]#[C-])c5=N4)nc(-c4nc5cc(C)ccc5o4)n3)c(C#N)c2=N1. The lowest BCUT2D eigenvalue weighted by atomic mass is 10.1. The molecule has 7 rings (SSSR count). The molecule has 0 spiro atoms. The number of hydrogen-bond acceptors (Lipinski definition) is 12. The lowest BCUT2D eigenvalue weighted by Crippen LogP contribution is -2.25. The molecule has 0 fully saturated rings. The number of nitriles is 3. The summed E-state index contributed by atoms with van der Waals surface area (Å²) in [6.45, 7) is 16.5. The number of oxazole rings is 1. The number of nitrogens with zero attached hydrogens (tertiary/aromatic N) is 13. The van der Waals surface area contributed by atoms with Crippen LogP contribution in [0.4, 0.5) is 10.1 Å². The Bertz CT molecular complexity index is 2820. The van der Waals surface area contributed by atoms with Gasteiger partial charge in [-0.2, -0.15) is 10.5 Å². The number of rotatable bonds is 3. The molecule has 2 aliphatic heterocycles. The monoisotopic (exact) mass is 611 g/mol. The summed E-state index contributed by atoms with van der Waals surface area (Å²) in [4.78, 5) is 41.5. The van der Waals surface area contributed by atoms with Gasteiger partial charge in [-0.05, 0) is 48.9 Å². The van der Waals surface area contributed by atoms with E-state index in [0.29, 0.717) is 11.1 Å². The molecule has 15 heteroatoms. The molecule has 0 aliphatic carbocycles. The zero-order valence-electron chi connectivity index (χ0n) is 23.6. The van der Waals surface area contributed by atoms with E-state index >= 15 is 0 Å². The third-order valence-electron chi connectivity index (χ3n) is 6.91. The second-order valence-electron chi connectivity index (χ2n) is 9.82. The number of benzene rings is 3. The van der Waals surface area contributed by atoms with Crippen LogP contribution in [0.3, 0.4) is 0 Å². The molecule has 2 aliphatic rings. The van der Waals surface area contributed by atoms with E-state index in [-0.39, 0.29) is 84.5 Å². The van der Waals surface area contributed by atoms with Crippen LogP contribution in [-0.4, -0.2) is 19.9 Å². The van der Waals surface area contributed by atoms with Crippen LogP contribution >= 0.6 is 0 Å². The Morgan fingerprint density at radius 3 is 2.36 bits per heavy atom. The van der Waals surface area contributed by atoms with Crippen LogP contribution in [0.5, 0.6) is 0 Å². The van der Waals surface area contributed by atoms with Gasteiger partial charge in [-0.3, -0.25) is 0 Å². The van der Waals surface area contributed by atoms with Gasteiger partial charge in [0.15, 0.2) is 28.9 Å². The number of allylic oxidation sites excluding steroid dienone is 2. The fraction of sp³-hybridized carbons (Fsp3) is 0.0312. The van der Waals surface area contributed by atoms with Crippen molar-refractivity contribution in [3.63, 3.8) is 0 Å². The molecule has 47 heavy (non-hydrogen) atoms. The van der Waals surface area contributed by atoms with E-state index in [2.05, 4.69) is 55.7 Å². The molecule has 4 heterocycles. The van der Waals surface area contributed by atoms with Gasteiger partial charge >= 0.3 is 5.70 Å². The predicted octanol–water partition coefficient (Wildman–Crippen LogP) is 3.23. The second kappa shape index (κ2) is 10.7. The van der Waals surface area contributed by atoms with Gasteiger partial charge in [0.25, 0.3) is 5.89 Å². The Kier molecular flexibility index (Phi) is 6.39. The average Bonchev–Trinajstić information content (AvgIpc) is 3.81. The molecule has 3 aromatic carbocycles. The maximum Gasteiger partial charge on any atom is 0.305 e. The molecule has 14 nitrogen and oxygen atoms in total. The van der Waals surface area contributed by atoms with Gasteiger partial charge in [0, 0.05) is 5.56 Å². The average molecular weight is 612 g/mol. The van der Waals surface area contributed by atoms with Crippen molar-refractivity contribution in [1.29, 1.82) is 15.8 Å². The van der Waals surface area contributed by atoms with Crippen LogP contribution in [0, 0.1) is 59.9 Å². The van der Waals surface area contributed by atoms with E-state index in [9.17, 15) is 20.2 Å². The van der Waals surface area contributed by atoms with Crippen molar-refractivity contribution in [2.45, 2.75) is 6.92 Å². The molecule has 0 radical (unpaired) electrons. The number of aromatic nitrogens is 4. The van der Waals surface area contributed by atoms with Crippen molar-refractivity contribution in [1.82, 2.24) is 19.9 Å². The molecule has 0 atom stereocenters. The van der Waals surface area contributed by atoms with Gasteiger partial charge in [0.2, 0.25) is 11.5 Å². The molecule has 0 N–H and O–H groups in total. The Labute approximate surface area is 261 Å². The van der Waals surface area contributed by atoms with Crippen molar-refractivity contribution >= 4 is 22.4 Å². The summed E-state index contributed by atoms with van der Waals surface area (Å²) in [5.41, 5.74) is 1.36. The maximum atomic E-state index is 14.2. The lowest BCUT2D eigenvalue weighted by molar-refractivity contribution is 0.612. The van der Waals surface area contributed by atoms with E-state index in [1.807, 2.05) is 19.1 Å². The highest BCUT2D eigenvalue weighted by atomic mass is 19.1. The number of fused-ring (bicyclic) bond motifs is 3. The molecule has 5 aromatic rings. The molecule has 0 saturated carbocycles. The number of aryl methyl sites for hydroxylation is 1. The van der Waals surface area contributed by atoms with Gasteiger partial charge in [0.05, 0.1) is 40.8 Å². The normalized spacial score (nSPS) is 14.4. The van der Waals surface area contributed by atoms with Crippen LogP contribution in [0.2, 0.25) is 0 Å². The van der Waals surface area contributed by atoms with Gasteiger partial charge in [-0.1, -0.05) is 6.07 Å². The lowest BCUT2D eigenvalue weighted by Gasteiger charge is -2.07. The zero-order valence-corrected chi connectivity index (χ0v) is 23.6. The quantitative estimate of drug-likeness (QED) is 0.219. The van der Waals surface area contributed by atoms with E-state index in [1.165, 1.54) is 12.1 Å². The highest BCUT2D eigenvalue weighted by molar-refractivity contribution is 5.79. The molecule has 0 amide bonds. The van der Waals surface area contributed by atoms with Crippen LogP contribution in [-0.2, 0) is 0 Å². The predicted molar refractivity (Wildman–Crippen MR) is 157 cm³/mol. The van der Waals surface area contributed by atoms with E-state index in [1.54, 1.807) is 18.2 Å². The summed E-state index contributed by atoms with van der Waals surface area (Å²) in [5, 5.41) is 30.3. The summed E-state index contributed by atoms with van der Waals surface area (Å²) < 4.78 is 20.1. The molecular formula is C32H10FN13O. The first-order chi connectivity index (χ1) is 22.8. The van der Waals surface area contributed by atoms with Crippen molar-refractivity contribution in [3.05, 3.63) is 127 Å². The fourth-order valence-corrected chi connectivity index (χ4v) is 4.81. The van der Waals surface area contributed by atoms with Crippen LogP contribution < -0.4 is 21.4 Å². The third-order valence-corrected chi connectivity index (χ3v) is 6.91. The van der Waals surface area contributed by atoms with Crippen molar-refractivity contribution in [3.8, 4) is 41.3 Å². The standard InChI is InChI=1S/C32H10FN13O/c1-14-4-7-24-20(8-14)41-32(47-24)31-45-27(16-5-6-19-25(17(16)11-34)42-30(39-19)23(13-36)38-3)44-29(46-31)18(12-35)28-40-22-10-15(33)9-21(37-2)26(22)43-28/h4-10H,1H3/b28-18-,30-23+. The Balaban J connectivity index is 1.51. The smallest absolute Gasteiger partial charge is 0.305 e. The van der Waals surface area contributed by atoms with E-state index in [0.717, 1.165) is 17.7 Å². The molecule has 0 saturated heterocycles. The Morgan fingerprint density at radius 2 is 1.62 bits per heavy atom. The third kappa shape index (κ3) is 4.61. The van der Waals surface area contributed by atoms with Crippen LogP contribution in [0.1, 0.15) is 17.0 Å². The number of halogens is 1. The minimum absolute atomic E-state index is 0.0148. The minimum atomic E-state index is -0.696. The second-order valence-corrected chi connectivity index (χ2v) is 9.82. The molecular weight excluding hydrogens is 601 g/mol. The van der Waals surface area contributed by atoms with Gasteiger partial charge < -0.3 is 4.42 Å². The topological polar surface area (TPSA) is 194 Å². The van der Waals surface area contributed by atoms with E-state index < -0.39 is 5.82 Å². The summed E-state index contributed by atoms with van der Waals surface area (Å²) in [6.07, 6.45) is 0. The van der Waals surface area contributed by atoms with Crippen LogP contribution in [0.15, 0.2) is 84.2 Å². The summed E-state index contributed by atoms with van der Waals surface area (Å²) in [5.74, 6) is -1.43. The summed E-state index contributed by atoms with van der Waals surface area (Å²) in [6, 6.07) is 16.3. The largest absolute Gasteiger partial charge is 0.434 e. The highest BCUT2D eigenvalue weighted by Crippen LogP contribution is 2.28. The first kappa shape index (κ1) is 28.0. The van der Waals surface area contributed by atoms with Crippen molar-refractivity contribution in [2.75, 3.05) is 0 Å². The first-order valence-electron chi connectivity index (χ1n) is 13.3. The van der Waals surface area contributed by atoms with Crippen molar-refractivity contribution < 1.29 is 8.81 Å². The fourth-order valence-electron chi connectivity index (χ4n) is 4.81. The highest BCUT2D eigenvalue weighted by Gasteiger charge is 2.24. The summed E-state index contributed by atoms with van der Waals surface area (Å²) >= 11 is 0. The minimum Gasteiger partial charge on any atom is -0.434 e. The van der Waals surface area contributed by atoms with Crippen molar-refractivity contribution in [2.24, 2.45) is 20.0 Å². The maximum absolute atomic E-state index is 14.2. The van der Waals surface area contributed by atoms with Gasteiger partial charge in [-0.15, -0.1) is 0 Å². The molecule has 2 aromatic heterocycles. The van der Waals surface area contributed by atoms with Crippen LogP contribution in [0.25, 0.3) is 49.5 Å². The molecule has 216 valence electrons. The van der Waals surface area contributed by atoms with Gasteiger partial charge in [0.1, 0.15) is 34.4 Å². The molecule has 0 bridgehead atoms. The Morgan fingerprint density at radius 1 is 0.830 bits per heavy atom. The Hall–Kier alpha value is -7.80. The number of hydrogen-bond donors (Lipinski definition) is 0. The first-order valence-corrected chi connectivity index (χ1v) is 13.3. The van der Waals surface area contributed by atoms with E-state index in [4.69, 9.17) is 17.6 Å². The molecule has 0 unspecified atom stereocenters. The van der Waals surface area contributed by atoms with Gasteiger partial charge in [-0.25, -0.2) is 59.2 Å².